The lowest BCUT2D eigenvalue weighted by Gasteiger charge is -2.40. The summed E-state index contributed by atoms with van der Waals surface area (Å²) in [6, 6.07) is 0. The molecule has 1 aliphatic rings. The molecule has 6 atom stereocenters. The highest BCUT2D eigenvalue weighted by atomic mass is 32.2. The molecule has 0 spiro atoms. The number of aliphatic hydroxyl groups is 3. The van der Waals surface area contributed by atoms with Crippen molar-refractivity contribution in [3.8, 4) is 0 Å². The number of rotatable bonds is 37. The second kappa shape index (κ2) is 37.0. The van der Waals surface area contributed by atoms with Crippen LogP contribution < -0.4 is 0 Å². The van der Waals surface area contributed by atoms with Gasteiger partial charge in [-0.2, -0.15) is 8.42 Å². The summed E-state index contributed by atoms with van der Waals surface area (Å²) in [4.78, 5) is 25.4. The molecule has 0 saturated carbocycles. The Morgan fingerprint density at radius 1 is 0.583 bits per heavy atom. The highest BCUT2D eigenvalue weighted by molar-refractivity contribution is 7.85. The maximum Gasteiger partial charge on any atom is 0.306 e. The Hall–Kier alpha value is -2.65. The summed E-state index contributed by atoms with van der Waals surface area (Å²) < 4.78 is 54.1. The first-order chi connectivity index (χ1) is 29.0. The normalized spacial score (nSPS) is 20.7. The standard InChI is InChI=1S/C47H80O12S/c1-3-5-7-9-11-13-15-17-19-20-22-24-26-28-30-32-34-36-43(49)58-40(38-57-47-46(52)45(51)44(50)41(59-47)39-60(53,54)55)37-56-42(48)35-33-31-29-27-25-23-21-18-16-14-12-10-8-6-4-2/h6,8,10,12-16,18,21,40-41,44-47,50-52H,3-5,7,9,11,17,19-20,22-39H2,1-2H3,(H,53,54,55)/b8-6+,12-10+,15-13+,16-14+,21-18+/t40-,41-,44-,45?,46?,47+/m1/s1. The van der Waals surface area contributed by atoms with Crippen LogP contribution in [-0.4, -0.2) is 96.0 Å². The van der Waals surface area contributed by atoms with Crippen LogP contribution in [0.15, 0.2) is 60.8 Å². The number of unbranched alkanes of at least 4 members (excludes halogenated alkanes) is 18. The average Bonchev–Trinajstić information content (AvgIpc) is 3.21. The zero-order valence-corrected chi connectivity index (χ0v) is 37.6. The van der Waals surface area contributed by atoms with Crippen LogP contribution in [0.2, 0.25) is 0 Å². The van der Waals surface area contributed by atoms with E-state index in [0.717, 1.165) is 64.2 Å². The first-order valence-corrected chi connectivity index (χ1v) is 24.5. The molecule has 0 aromatic carbocycles. The zero-order chi connectivity index (χ0) is 44.1. The van der Waals surface area contributed by atoms with Crippen molar-refractivity contribution < 1.29 is 56.8 Å². The van der Waals surface area contributed by atoms with Gasteiger partial charge in [0.15, 0.2) is 12.4 Å². The number of aliphatic hydroxyl groups excluding tert-OH is 3. The topological polar surface area (TPSA) is 186 Å². The molecule has 1 heterocycles. The number of ether oxygens (including phenoxy) is 4. The van der Waals surface area contributed by atoms with Crippen molar-refractivity contribution in [3.05, 3.63) is 60.8 Å². The van der Waals surface area contributed by atoms with Crippen molar-refractivity contribution in [3.63, 3.8) is 0 Å². The maximum absolute atomic E-state index is 12.8. The summed E-state index contributed by atoms with van der Waals surface area (Å²) in [5.41, 5.74) is 0. The third-order valence-electron chi connectivity index (χ3n) is 10.2. The van der Waals surface area contributed by atoms with Gasteiger partial charge in [0.25, 0.3) is 10.1 Å². The lowest BCUT2D eigenvalue weighted by molar-refractivity contribution is -0.297. The smallest absolute Gasteiger partial charge is 0.306 e. The first-order valence-electron chi connectivity index (χ1n) is 22.9. The minimum absolute atomic E-state index is 0.154. The predicted molar refractivity (Wildman–Crippen MR) is 238 cm³/mol. The Balaban J connectivity index is 2.46. The van der Waals surface area contributed by atoms with Gasteiger partial charge >= 0.3 is 11.9 Å². The summed E-state index contributed by atoms with van der Waals surface area (Å²) >= 11 is 0. The molecule has 0 radical (unpaired) electrons. The monoisotopic (exact) mass is 869 g/mol. The molecule has 0 bridgehead atoms. The molecule has 1 fully saturated rings. The van der Waals surface area contributed by atoms with Crippen LogP contribution in [0.4, 0.5) is 0 Å². The van der Waals surface area contributed by atoms with Crippen molar-refractivity contribution in [2.24, 2.45) is 0 Å². The summed E-state index contributed by atoms with van der Waals surface area (Å²) in [7, 11) is -4.61. The van der Waals surface area contributed by atoms with Crippen LogP contribution in [0.5, 0.6) is 0 Å². The molecule has 0 aromatic rings. The summed E-state index contributed by atoms with van der Waals surface area (Å²) in [6.07, 6.45) is 35.4. The average molecular weight is 869 g/mol. The van der Waals surface area contributed by atoms with Gasteiger partial charge in [-0.05, 0) is 57.8 Å². The van der Waals surface area contributed by atoms with Crippen molar-refractivity contribution in [2.75, 3.05) is 19.0 Å². The number of carbonyl (C=O) groups is 2. The number of esters is 2. The number of hydrogen-bond acceptors (Lipinski definition) is 11. The third-order valence-corrected chi connectivity index (χ3v) is 10.9. The van der Waals surface area contributed by atoms with Crippen LogP contribution in [0, 0.1) is 0 Å². The van der Waals surface area contributed by atoms with Crippen molar-refractivity contribution in [1.82, 2.24) is 0 Å². The molecule has 1 saturated heterocycles. The molecule has 0 aromatic heterocycles. The Morgan fingerprint density at radius 2 is 1.07 bits per heavy atom. The van der Waals surface area contributed by atoms with Crippen LogP contribution in [0.3, 0.4) is 0 Å². The van der Waals surface area contributed by atoms with E-state index in [4.69, 9.17) is 18.9 Å². The van der Waals surface area contributed by atoms with Gasteiger partial charge in [0.05, 0.1) is 6.61 Å². The Morgan fingerprint density at radius 3 is 1.62 bits per heavy atom. The van der Waals surface area contributed by atoms with E-state index in [-0.39, 0.29) is 19.4 Å². The molecule has 346 valence electrons. The molecule has 2 unspecified atom stereocenters. The van der Waals surface area contributed by atoms with E-state index in [1.54, 1.807) is 0 Å². The van der Waals surface area contributed by atoms with Crippen LogP contribution >= 0.6 is 0 Å². The van der Waals surface area contributed by atoms with Gasteiger partial charge in [-0.3, -0.25) is 14.1 Å². The zero-order valence-electron chi connectivity index (χ0n) is 36.8. The number of hydrogen-bond donors (Lipinski definition) is 4. The molecular formula is C47H80O12S. The fourth-order valence-corrected chi connectivity index (χ4v) is 7.31. The van der Waals surface area contributed by atoms with E-state index in [1.165, 1.54) is 64.2 Å². The van der Waals surface area contributed by atoms with E-state index in [0.29, 0.717) is 12.8 Å². The fraction of sp³-hybridized carbons (Fsp3) is 0.745. The fourth-order valence-electron chi connectivity index (χ4n) is 6.62. The van der Waals surface area contributed by atoms with E-state index >= 15 is 0 Å². The second-order valence-corrected chi connectivity index (χ2v) is 17.3. The molecule has 1 aliphatic heterocycles. The van der Waals surface area contributed by atoms with Crippen molar-refractivity contribution in [2.45, 2.75) is 205 Å². The first kappa shape index (κ1) is 55.4. The molecule has 4 N–H and O–H groups in total. The van der Waals surface area contributed by atoms with Gasteiger partial charge in [-0.25, -0.2) is 0 Å². The van der Waals surface area contributed by atoms with Crippen LogP contribution in [-0.2, 0) is 38.7 Å². The predicted octanol–water partition coefficient (Wildman–Crippen LogP) is 9.34. The Bertz CT molecular complexity index is 1340. The SMILES string of the molecule is CC/C=C/C=C/C=C/C=C/CCCCCCCC(=O)OC[C@H](CO[C@H]1O[C@H](CS(=O)(=O)O)[C@@H](O)C(O)C1O)OC(=O)CCCCCCCCCCC/C=C/CCCCCC. The number of allylic oxidation sites excluding steroid dienone is 10. The van der Waals surface area contributed by atoms with Gasteiger partial charge < -0.3 is 34.3 Å². The lowest BCUT2D eigenvalue weighted by atomic mass is 10.00. The van der Waals surface area contributed by atoms with Gasteiger partial charge in [-0.15, -0.1) is 0 Å². The maximum atomic E-state index is 12.8. The van der Waals surface area contributed by atoms with E-state index in [9.17, 15) is 37.9 Å². The number of carbonyl (C=O) groups excluding carboxylic acids is 2. The van der Waals surface area contributed by atoms with Gasteiger partial charge in [-0.1, -0.05) is 158 Å². The van der Waals surface area contributed by atoms with Crippen molar-refractivity contribution >= 4 is 22.1 Å². The minimum atomic E-state index is -4.61. The molecular weight excluding hydrogens is 789 g/mol. The van der Waals surface area contributed by atoms with E-state index in [1.807, 2.05) is 36.5 Å². The molecule has 0 amide bonds. The van der Waals surface area contributed by atoms with E-state index in [2.05, 4.69) is 38.2 Å². The lowest BCUT2D eigenvalue weighted by Crippen LogP contribution is -2.60. The highest BCUT2D eigenvalue weighted by Gasteiger charge is 2.46. The van der Waals surface area contributed by atoms with Gasteiger partial charge in [0, 0.05) is 12.8 Å². The Labute approximate surface area is 362 Å². The highest BCUT2D eigenvalue weighted by Crippen LogP contribution is 2.24. The summed E-state index contributed by atoms with van der Waals surface area (Å²) in [6.45, 7) is 3.58. The van der Waals surface area contributed by atoms with Crippen LogP contribution in [0.1, 0.15) is 168 Å². The van der Waals surface area contributed by atoms with Gasteiger partial charge in [0.1, 0.15) is 36.8 Å². The second-order valence-electron chi connectivity index (χ2n) is 15.8. The van der Waals surface area contributed by atoms with Gasteiger partial charge in [0.2, 0.25) is 0 Å². The summed E-state index contributed by atoms with van der Waals surface area (Å²) in [5.74, 6) is -2.02. The molecule has 60 heavy (non-hydrogen) atoms. The largest absolute Gasteiger partial charge is 0.462 e. The molecule has 1 rings (SSSR count). The molecule has 12 nitrogen and oxygen atoms in total. The quantitative estimate of drug-likeness (QED) is 0.0153. The Kier molecular flexibility index (Phi) is 34.1. The molecule has 13 heteroatoms. The third kappa shape index (κ3) is 31.2. The van der Waals surface area contributed by atoms with E-state index < -0.39 is 71.2 Å². The van der Waals surface area contributed by atoms with Crippen LogP contribution in [0.25, 0.3) is 0 Å². The molecule has 0 aliphatic carbocycles. The van der Waals surface area contributed by atoms with Crippen molar-refractivity contribution in [1.29, 1.82) is 0 Å². The minimum Gasteiger partial charge on any atom is -0.462 e. The summed E-state index contributed by atoms with van der Waals surface area (Å²) in [5, 5.41) is 30.9.